The molecule has 0 bridgehead atoms. The summed E-state index contributed by atoms with van der Waals surface area (Å²) >= 11 is 0. The molecule has 1 amide bonds. The molecule has 0 aromatic heterocycles. The van der Waals surface area contributed by atoms with Gasteiger partial charge in [-0.15, -0.1) is 0 Å². The molecule has 12 heavy (non-hydrogen) atoms. The van der Waals surface area contributed by atoms with Gasteiger partial charge in [0, 0.05) is 26.6 Å². The van der Waals surface area contributed by atoms with Crippen LogP contribution in [0, 0.1) is 0 Å². The van der Waals surface area contributed by atoms with Gasteiger partial charge >= 0.3 is 0 Å². The van der Waals surface area contributed by atoms with E-state index in [9.17, 15) is 4.79 Å². The molecule has 0 unspecified atom stereocenters. The smallest absolute Gasteiger partial charge is 0.219 e. The zero-order chi connectivity index (χ0) is 8.55. The molecule has 2 atom stereocenters. The van der Waals surface area contributed by atoms with Gasteiger partial charge in [-0.1, -0.05) is 0 Å². The average molecular weight is 170 g/mol. The number of nitrogens with one attached hydrogen (secondary N) is 1. The Hall–Kier alpha value is -0.610. The Labute approximate surface area is 71.9 Å². The fourth-order valence-corrected chi connectivity index (χ4v) is 1.98. The SMILES string of the molecule is CC(=O)N1CCO[C@H]2CNC[C@@H]21. The quantitative estimate of drug-likeness (QED) is 0.518. The van der Waals surface area contributed by atoms with E-state index >= 15 is 0 Å². The summed E-state index contributed by atoms with van der Waals surface area (Å²) in [6.07, 6.45) is 0.225. The fraction of sp³-hybridized carbons (Fsp3) is 0.875. The van der Waals surface area contributed by atoms with Gasteiger partial charge in [0.2, 0.25) is 5.91 Å². The van der Waals surface area contributed by atoms with Crippen molar-refractivity contribution in [2.24, 2.45) is 0 Å². The van der Waals surface area contributed by atoms with E-state index in [-0.39, 0.29) is 18.1 Å². The van der Waals surface area contributed by atoms with E-state index in [1.807, 2.05) is 4.90 Å². The maximum absolute atomic E-state index is 11.2. The second-order valence-corrected chi connectivity index (χ2v) is 3.35. The van der Waals surface area contributed by atoms with Gasteiger partial charge in [0.15, 0.2) is 0 Å². The third kappa shape index (κ3) is 1.21. The van der Waals surface area contributed by atoms with E-state index in [2.05, 4.69) is 5.32 Å². The average Bonchev–Trinajstić information content (AvgIpc) is 2.49. The normalized spacial score (nSPS) is 34.9. The van der Waals surface area contributed by atoms with Crippen LogP contribution in [0.25, 0.3) is 0 Å². The molecule has 0 aliphatic carbocycles. The van der Waals surface area contributed by atoms with Crippen LogP contribution in [0.3, 0.4) is 0 Å². The Bertz CT molecular complexity index is 195. The standard InChI is InChI=1S/C8H14N2O2/c1-6(11)10-2-3-12-8-5-9-4-7(8)10/h7-9H,2-5H2,1H3/t7-,8-/m0/s1. The Morgan fingerprint density at radius 3 is 3.17 bits per heavy atom. The van der Waals surface area contributed by atoms with Crippen molar-refractivity contribution in [2.75, 3.05) is 26.2 Å². The topological polar surface area (TPSA) is 41.6 Å². The van der Waals surface area contributed by atoms with Gasteiger partial charge in [-0.05, 0) is 0 Å². The largest absolute Gasteiger partial charge is 0.373 e. The van der Waals surface area contributed by atoms with E-state index in [1.165, 1.54) is 0 Å². The van der Waals surface area contributed by atoms with Crippen LogP contribution < -0.4 is 5.32 Å². The molecule has 2 heterocycles. The molecular weight excluding hydrogens is 156 g/mol. The molecule has 2 rings (SSSR count). The minimum Gasteiger partial charge on any atom is -0.373 e. The molecule has 0 radical (unpaired) electrons. The van der Waals surface area contributed by atoms with Crippen molar-refractivity contribution in [3.8, 4) is 0 Å². The molecule has 1 N–H and O–H groups in total. The van der Waals surface area contributed by atoms with Gasteiger partial charge in [0.05, 0.1) is 18.8 Å². The van der Waals surface area contributed by atoms with Gasteiger partial charge < -0.3 is 15.0 Å². The van der Waals surface area contributed by atoms with Gasteiger partial charge in [-0.3, -0.25) is 4.79 Å². The van der Waals surface area contributed by atoms with Gasteiger partial charge in [0.1, 0.15) is 0 Å². The summed E-state index contributed by atoms with van der Waals surface area (Å²) in [5.41, 5.74) is 0. The Kier molecular flexibility index (Phi) is 2.02. The molecule has 0 aromatic carbocycles. The first-order chi connectivity index (χ1) is 5.79. The maximum Gasteiger partial charge on any atom is 0.219 e. The van der Waals surface area contributed by atoms with Gasteiger partial charge in [0.25, 0.3) is 0 Å². The number of nitrogens with zero attached hydrogens (tertiary/aromatic N) is 1. The molecule has 2 aliphatic rings. The van der Waals surface area contributed by atoms with E-state index in [0.717, 1.165) is 19.6 Å². The predicted molar refractivity (Wildman–Crippen MR) is 43.8 cm³/mol. The lowest BCUT2D eigenvalue weighted by atomic mass is 10.1. The summed E-state index contributed by atoms with van der Waals surface area (Å²) < 4.78 is 5.53. The number of fused-ring (bicyclic) bond motifs is 1. The molecule has 0 saturated carbocycles. The third-order valence-corrected chi connectivity index (χ3v) is 2.60. The van der Waals surface area contributed by atoms with Crippen LogP contribution in [0.5, 0.6) is 0 Å². The molecule has 2 aliphatic heterocycles. The Balaban J connectivity index is 2.08. The molecule has 2 fully saturated rings. The predicted octanol–water partition coefficient (Wildman–Crippen LogP) is -0.794. The molecule has 68 valence electrons. The Morgan fingerprint density at radius 2 is 2.42 bits per heavy atom. The zero-order valence-electron chi connectivity index (χ0n) is 7.25. The highest BCUT2D eigenvalue weighted by atomic mass is 16.5. The highest BCUT2D eigenvalue weighted by Crippen LogP contribution is 2.17. The molecule has 0 aromatic rings. The summed E-state index contributed by atoms with van der Waals surface area (Å²) in [7, 11) is 0. The number of hydrogen-bond acceptors (Lipinski definition) is 3. The lowest BCUT2D eigenvalue weighted by Gasteiger charge is -2.36. The van der Waals surface area contributed by atoms with E-state index in [0.29, 0.717) is 6.61 Å². The summed E-state index contributed by atoms with van der Waals surface area (Å²) in [5.74, 6) is 0.164. The third-order valence-electron chi connectivity index (χ3n) is 2.60. The van der Waals surface area contributed by atoms with Crippen LogP contribution >= 0.6 is 0 Å². The van der Waals surface area contributed by atoms with Crippen molar-refractivity contribution >= 4 is 5.91 Å². The second kappa shape index (κ2) is 3.03. The highest BCUT2D eigenvalue weighted by molar-refractivity contribution is 5.73. The van der Waals surface area contributed by atoms with Crippen LogP contribution in [0.4, 0.5) is 0 Å². The first kappa shape index (κ1) is 8.01. The molecular formula is C8H14N2O2. The van der Waals surface area contributed by atoms with Crippen molar-refractivity contribution in [1.29, 1.82) is 0 Å². The number of carbonyl (C=O) groups excluding carboxylic acids is 1. The van der Waals surface area contributed by atoms with E-state index in [1.54, 1.807) is 6.92 Å². The molecule has 2 saturated heterocycles. The lowest BCUT2D eigenvalue weighted by Crippen LogP contribution is -2.52. The maximum atomic E-state index is 11.2. The van der Waals surface area contributed by atoms with Crippen LogP contribution in [0.2, 0.25) is 0 Å². The first-order valence-electron chi connectivity index (χ1n) is 4.38. The fourth-order valence-electron chi connectivity index (χ4n) is 1.98. The van der Waals surface area contributed by atoms with Crippen molar-refractivity contribution in [3.05, 3.63) is 0 Å². The van der Waals surface area contributed by atoms with E-state index < -0.39 is 0 Å². The second-order valence-electron chi connectivity index (χ2n) is 3.35. The number of amides is 1. The highest BCUT2D eigenvalue weighted by Gasteiger charge is 2.36. The van der Waals surface area contributed by atoms with Gasteiger partial charge in [-0.25, -0.2) is 0 Å². The van der Waals surface area contributed by atoms with E-state index in [4.69, 9.17) is 4.74 Å². The summed E-state index contributed by atoms with van der Waals surface area (Å²) in [6, 6.07) is 0.274. The van der Waals surface area contributed by atoms with Crippen molar-refractivity contribution in [2.45, 2.75) is 19.1 Å². The zero-order valence-corrected chi connectivity index (χ0v) is 7.25. The minimum atomic E-state index is 0.164. The van der Waals surface area contributed by atoms with Crippen LogP contribution in [-0.2, 0) is 9.53 Å². The van der Waals surface area contributed by atoms with Crippen LogP contribution in [-0.4, -0.2) is 49.2 Å². The number of hydrogen-bond donors (Lipinski definition) is 1. The monoisotopic (exact) mass is 170 g/mol. The van der Waals surface area contributed by atoms with Gasteiger partial charge in [-0.2, -0.15) is 0 Å². The number of rotatable bonds is 0. The summed E-state index contributed by atoms with van der Waals surface area (Å²) in [6.45, 7) is 4.82. The summed E-state index contributed by atoms with van der Waals surface area (Å²) in [4.78, 5) is 13.1. The number of morpholine rings is 1. The van der Waals surface area contributed by atoms with Crippen molar-refractivity contribution in [1.82, 2.24) is 10.2 Å². The molecule has 4 nitrogen and oxygen atoms in total. The van der Waals surface area contributed by atoms with Crippen LogP contribution in [0.1, 0.15) is 6.92 Å². The molecule has 4 heteroatoms. The first-order valence-corrected chi connectivity index (χ1v) is 4.38. The Morgan fingerprint density at radius 1 is 1.58 bits per heavy atom. The van der Waals surface area contributed by atoms with Crippen molar-refractivity contribution < 1.29 is 9.53 Å². The number of ether oxygens (including phenoxy) is 1. The number of carbonyl (C=O) groups is 1. The van der Waals surface area contributed by atoms with Crippen LogP contribution in [0.15, 0.2) is 0 Å². The lowest BCUT2D eigenvalue weighted by molar-refractivity contribution is -0.140. The minimum absolute atomic E-state index is 0.164. The molecule has 0 spiro atoms. The van der Waals surface area contributed by atoms with Crippen molar-refractivity contribution in [3.63, 3.8) is 0 Å². The summed E-state index contributed by atoms with van der Waals surface area (Å²) in [5, 5.41) is 3.23.